The molecule has 0 unspecified atom stereocenters. The van der Waals surface area contributed by atoms with Crippen LogP contribution >= 0.6 is 0 Å². The van der Waals surface area contributed by atoms with Gasteiger partial charge in [-0.05, 0) is 0 Å². The van der Waals surface area contributed by atoms with E-state index in [9.17, 15) is 9.59 Å². The summed E-state index contributed by atoms with van der Waals surface area (Å²) in [5, 5.41) is 12.7. The number of nitrogens with zero attached hydrogens (tertiary/aromatic N) is 1. The molecule has 0 aliphatic carbocycles. The highest BCUT2D eigenvalue weighted by molar-refractivity contribution is 6.68. The lowest BCUT2D eigenvalue weighted by Gasteiger charge is -1.81. The smallest absolute Gasteiger partial charge is 0.277 e. The van der Waals surface area contributed by atoms with Crippen LogP contribution in [0.1, 0.15) is 0 Å². The average Bonchev–Trinajstić information content (AvgIpc) is 2.12. The third-order valence-electron chi connectivity index (χ3n) is 0.989. The van der Waals surface area contributed by atoms with Crippen LogP contribution in [0.2, 0.25) is 0 Å². The minimum atomic E-state index is -0.609. The Morgan fingerprint density at radius 2 is 2.22 bits per heavy atom. The molecule has 1 aliphatic heterocycles. The molecule has 5 heteroatoms. The van der Waals surface area contributed by atoms with Crippen LogP contribution in [0.5, 0.6) is 0 Å². The third kappa shape index (κ3) is 0.758. The second kappa shape index (κ2) is 1.85. The molecule has 1 heterocycles. The van der Waals surface area contributed by atoms with Crippen LogP contribution in [0.4, 0.5) is 0 Å². The van der Waals surface area contributed by atoms with Crippen molar-refractivity contribution in [1.82, 2.24) is 5.32 Å². The van der Waals surface area contributed by atoms with Gasteiger partial charge >= 0.3 is 0 Å². The Balaban J connectivity index is 2.91. The summed E-state index contributed by atoms with van der Waals surface area (Å²) in [7, 11) is 0. The number of rotatable bonds is 0. The standard InChI is InChI=1S/C4H4N2O3/c7-2-1-5-4(8)3(2)6-9/h9H,1H2,(H,5,8)/b6-3+. The SMILES string of the molecule is O=C1CNC(=O)/C1=N/O. The number of hydrogen-bond donors (Lipinski definition) is 2. The summed E-state index contributed by atoms with van der Waals surface area (Å²) in [5.74, 6) is -1.08. The number of hydrogen-bond acceptors (Lipinski definition) is 4. The predicted molar refractivity (Wildman–Crippen MR) is 27.2 cm³/mol. The molecule has 1 fully saturated rings. The maximum absolute atomic E-state index is 10.4. The molecule has 0 aromatic heterocycles. The molecule has 1 aliphatic rings. The number of ketones is 1. The summed E-state index contributed by atoms with van der Waals surface area (Å²) in [6, 6.07) is 0. The van der Waals surface area contributed by atoms with Gasteiger partial charge in [0.1, 0.15) is 0 Å². The molecular formula is C4H4N2O3. The van der Waals surface area contributed by atoms with E-state index in [1.54, 1.807) is 0 Å². The summed E-state index contributed by atoms with van der Waals surface area (Å²) in [4.78, 5) is 20.8. The molecule has 48 valence electrons. The first-order valence-electron chi connectivity index (χ1n) is 2.29. The number of carbonyl (C=O) groups excluding carboxylic acids is 2. The number of oxime groups is 1. The molecule has 0 spiro atoms. The topological polar surface area (TPSA) is 78.8 Å². The van der Waals surface area contributed by atoms with E-state index < -0.39 is 17.4 Å². The summed E-state index contributed by atoms with van der Waals surface area (Å²) in [5.41, 5.74) is -0.407. The Kier molecular flexibility index (Phi) is 1.18. The van der Waals surface area contributed by atoms with Gasteiger partial charge in [-0.2, -0.15) is 0 Å². The van der Waals surface area contributed by atoms with Crippen LogP contribution in [0.3, 0.4) is 0 Å². The first kappa shape index (κ1) is 5.74. The minimum absolute atomic E-state index is 0.0573. The molecule has 0 atom stereocenters. The fourth-order valence-electron chi connectivity index (χ4n) is 0.556. The van der Waals surface area contributed by atoms with Crippen LogP contribution in [0, 0.1) is 0 Å². The van der Waals surface area contributed by atoms with Gasteiger partial charge in [-0.25, -0.2) is 0 Å². The summed E-state index contributed by atoms with van der Waals surface area (Å²) in [6.45, 7) is -0.0573. The van der Waals surface area contributed by atoms with E-state index in [2.05, 4.69) is 10.5 Å². The zero-order valence-electron chi connectivity index (χ0n) is 4.42. The van der Waals surface area contributed by atoms with Gasteiger partial charge in [-0.15, -0.1) is 0 Å². The molecule has 2 N–H and O–H groups in total. The molecule has 1 amide bonds. The van der Waals surface area contributed by atoms with E-state index in [4.69, 9.17) is 5.21 Å². The van der Waals surface area contributed by atoms with E-state index in [1.807, 2.05) is 0 Å². The maximum atomic E-state index is 10.4. The molecule has 0 saturated carbocycles. The van der Waals surface area contributed by atoms with Crippen molar-refractivity contribution in [2.45, 2.75) is 0 Å². The second-order valence-corrected chi connectivity index (χ2v) is 1.55. The lowest BCUT2D eigenvalue weighted by molar-refractivity contribution is -0.114. The molecule has 0 radical (unpaired) electrons. The Bertz CT molecular complexity index is 178. The zero-order chi connectivity index (χ0) is 6.85. The predicted octanol–water partition coefficient (Wildman–Crippen LogP) is -1.48. The normalized spacial score (nSPS) is 22.9. The highest BCUT2D eigenvalue weighted by Crippen LogP contribution is 1.88. The van der Waals surface area contributed by atoms with Crippen LogP contribution in [0.25, 0.3) is 0 Å². The van der Waals surface area contributed by atoms with Crippen molar-refractivity contribution in [3.05, 3.63) is 0 Å². The van der Waals surface area contributed by atoms with Gasteiger partial charge in [0.25, 0.3) is 5.91 Å². The fraction of sp³-hybridized carbons (Fsp3) is 0.250. The molecule has 1 rings (SSSR count). The maximum Gasteiger partial charge on any atom is 0.277 e. The van der Waals surface area contributed by atoms with Gasteiger partial charge in [0, 0.05) is 0 Å². The Labute approximate surface area is 50.3 Å². The number of nitrogens with one attached hydrogen (secondary N) is 1. The first-order chi connectivity index (χ1) is 4.25. The van der Waals surface area contributed by atoms with Gasteiger partial charge in [-0.1, -0.05) is 5.16 Å². The van der Waals surface area contributed by atoms with Gasteiger partial charge in [0.05, 0.1) is 6.54 Å². The van der Waals surface area contributed by atoms with Crippen molar-refractivity contribution < 1.29 is 14.8 Å². The largest absolute Gasteiger partial charge is 0.410 e. The number of Topliss-reactive ketones (excluding diaryl/α,β-unsaturated/α-hetero) is 1. The molecule has 0 aromatic rings. The first-order valence-corrected chi connectivity index (χ1v) is 2.29. The zero-order valence-corrected chi connectivity index (χ0v) is 4.42. The van der Waals surface area contributed by atoms with Crippen molar-refractivity contribution >= 4 is 17.4 Å². The van der Waals surface area contributed by atoms with Crippen molar-refractivity contribution in [1.29, 1.82) is 0 Å². The van der Waals surface area contributed by atoms with Crippen LogP contribution in [-0.2, 0) is 9.59 Å². The molecule has 0 aromatic carbocycles. The van der Waals surface area contributed by atoms with Gasteiger partial charge < -0.3 is 10.5 Å². The van der Waals surface area contributed by atoms with Crippen LogP contribution in [-0.4, -0.2) is 29.2 Å². The average molecular weight is 128 g/mol. The summed E-state index contributed by atoms with van der Waals surface area (Å²) >= 11 is 0. The van der Waals surface area contributed by atoms with Gasteiger partial charge in [0.2, 0.25) is 11.5 Å². The van der Waals surface area contributed by atoms with Crippen LogP contribution < -0.4 is 5.32 Å². The van der Waals surface area contributed by atoms with Crippen molar-refractivity contribution in [3.63, 3.8) is 0 Å². The molecular weight excluding hydrogens is 124 g/mol. The molecule has 1 saturated heterocycles. The number of amides is 1. The van der Waals surface area contributed by atoms with E-state index in [1.165, 1.54) is 0 Å². The third-order valence-corrected chi connectivity index (χ3v) is 0.989. The summed E-state index contributed by atoms with van der Waals surface area (Å²) in [6.07, 6.45) is 0. The quantitative estimate of drug-likeness (QED) is 0.308. The summed E-state index contributed by atoms with van der Waals surface area (Å²) < 4.78 is 0. The Morgan fingerprint density at radius 1 is 1.56 bits per heavy atom. The van der Waals surface area contributed by atoms with Crippen molar-refractivity contribution in [2.75, 3.05) is 6.54 Å². The molecule has 0 bridgehead atoms. The minimum Gasteiger partial charge on any atom is -0.410 e. The van der Waals surface area contributed by atoms with Gasteiger partial charge in [0.15, 0.2) is 0 Å². The Hall–Kier alpha value is -1.39. The highest BCUT2D eigenvalue weighted by atomic mass is 16.4. The van der Waals surface area contributed by atoms with E-state index in [0.717, 1.165) is 0 Å². The van der Waals surface area contributed by atoms with E-state index >= 15 is 0 Å². The lowest BCUT2D eigenvalue weighted by Crippen LogP contribution is -2.19. The molecule has 9 heavy (non-hydrogen) atoms. The number of carbonyl (C=O) groups is 2. The molecule has 5 nitrogen and oxygen atoms in total. The Morgan fingerprint density at radius 3 is 2.44 bits per heavy atom. The van der Waals surface area contributed by atoms with Gasteiger partial charge in [-0.3, -0.25) is 9.59 Å². The van der Waals surface area contributed by atoms with Crippen molar-refractivity contribution in [2.24, 2.45) is 5.16 Å². The van der Waals surface area contributed by atoms with Crippen molar-refractivity contribution in [3.8, 4) is 0 Å². The second-order valence-electron chi connectivity index (χ2n) is 1.55. The lowest BCUT2D eigenvalue weighted by atomic mass is 10.3. The van der Waals surface area contributed by atoms with E-state index in [0.29, 0.717) is 0 Å². The highest BCUT2D eigenvalue weighted by Gasteiger charge is 2.27. The van der Waals surface area contributed by atoms with Crippen LogP contribution in [0.15, 0.2) is 5.16 Å². The van der Waals surface area contributed by atoms with E-state index in [-0.39, 0.29) is 6.54 Å². The fourth-order valence-corrected chi connectivity index (χ4v) is 0.556. The monoisotopic (exact) mass is 128 g/mol.